The van der Waals surface area contributed by atoms with Crippen LogP contribution in [0.5, 0.6) is 5.75 Å². The molecule has 0 atom stereocenters. The third-order valence-corrected chi connectivity index (χ3v) is 7.35. The molecule has 38 heavy (non-hydrogen) atoms. The first-order chi connectivity index (χ1) is 17.8. The standard InChI is InChI=1S/C20H20N4O11S3/c1-10(25)22-13-8-15(21-2)17(33-3)9-14(13)23-24-16-6-11-12(7-18(16)36-35-34-26)20(38(30,31)32)5-4-19(11)37(27,28)29/h4-9,21,26H,1-3H3,(H,22,25)(H,27,28,29)(H,30,31,32). The van der Waals surface area contributed by atoms with Gasteiger partial charge in [-0.05, 0) is 30.3 Å². The number of methoxy groups -OCH3 is 1. The summed E-state index contributed by atoms with van der Waals surface area (Å²) in [6.07, 6.45) is 0. The molecule has 204 valence electrons. The molecule has 0 saturated heterocycles. The minimum atomic E-state index is -4.86. The zero-order valence-electron chi connectivity index (χ0n) is 19.7. The highest BCUT2D eigenvalue weighted by molar-refractivity contribution is 7.94. The average Bonchev–Trinajstić information content (AvgIpc) is 2.83. The maximum Gasteiger partial charge on any atom is 0.295 e. The number of amides is 1. The molecule has 0 spiro atoms. The molecular weight excluding hydrogens is 568 g/mol. The molecule has 0 bridgehead atoms. The third kappa shape index (κ3) is 6.55. The highest BCUT2D eigenvalue weighted by Crippen LogP contribution is 2.41. The summed E-state index contributed by atoms with van der Waals surface area (Å²) in [5, 5.41) is 25.2. The Kier molecular flexibility index (Phi) is 8.90. The van der Waals surface area contributed by atoms with E-state index in [9.17, 15) is 30.7 Å². The predicted molar refractivity (Wildman–Crippen MR) is 135 cm³/mol. The Hall–Kier alpha value is -3.36. The lowest BCUT2D eigenvalue weighted by atomic mass is 10.1. The van der Waals surface area contributed by atoms with E-state index in [0.29, 0.717) is 23.5 Å². The van der Waals surface area contributed by atoms with Crippen LogP contribution in [0.1, 0.15) is 6.92 Å². The largest absolute Gasteiger partial charge is 0.495 e. The van der Waals surface area contributed by atoms with Crippen LogP contribution in [0.3, 0.4) is 0 Å². The summed E-state index contributed by atoms with van der Waals surface area (Å²) in [7, 11) is -6.68. The lowest BCUT2D eigenvalue weighted by Gasteiger charge is -2.13. The summed E-state index contributed by atoms with van der Waals surface area (Å²) >= 11 is 0.339. The van der Waals surface area contributed by atoms with Crippen molar-refractivity contribution in [3.05, 3.63) is 36.4 Å². The number of azo groups is 1. The molecule has 0 aliphatic carbocycles. The third-order valence-electron chi connectivity index (χ3n) is 4.89. The van der Waals surface area contributed by atoms with Crippen LogP contribution < -0.4 is 15.4 Å². The first-order valence-corrected chi connectivity index (χ1v) is 13.7. The summed E-state index contributed by atoms with van der Waals surface area (Å²) in [5.41, 5.74) is 0.695. The Balaban J connectivity index is 2.33. The van der Waals surface area contributed by atoms with E-state index in [1.165, 1.54) is 26.2 Å². The number of carbonyl (C=O) groups excluding carboxylic acids is 1. The van der Waals surface area contributed by atoms with Crippen molar-refractivity contribution in [1.82, 2.24) is 0 Å². The van der Waals surface area contributed by atoms with E-state index in [2.05, 4.69) is 30.2 Å². The number of carbonyl (C=O) groups is 1. The van der Waals surface area contributed by atoms with Crippen molar-refractivity contribution in [3.8, 4) is 5.75 Å². The molecule has 3 aromatic carbocycles. The van der Waals surface area contributed by atoms with Gasteiger partial charge in [-0.15, -0.1) is 14.6 Å². The molecular formula is C20H20N4O11S3. The fourth-order valence-corrected chi connectivity index (χ4v) is 5.20. The van der Waals surface area contributed by atoms with Gasteiger partial charge >= 0.3 is 0 Å². The summed E-state index contributed by atoms with van der Waals surface area (Å²) in [6.45, 7) is 1.28. The second-order valence-electron chi connectivity index (χ2n) is 7.30. The monoisotopic (exact) mass is 588 g/mol. The Morgan fingerprint density at radius 2 is 1.50 bits per heavy atom. The fraction of sp³-hybridized carbons (Fsp3) is 0.150. The van der Waals surface area contributed by atoms with Gasteiger partial charge < -0.3 is 15.4 Å². The number of fused-ring (bicyclic) bond motifs is 1. The van der Waals surface area contributed by atoms with Crippen LogP contribution in [0.15, 0.2) is 61.3 Å². The average molecular weight is 589 g/mol. The minimum Gasteiger partial charge on any atom is -0.495 e. The normalized spacial score (nSPS) is 12.2. The van der Waals surface area contributed by atoms with E-state index in [4.69, 9.17) is 9.99 Å². The molecule has 1 amide bonds. The topological polar surface area (TPSA) is 223 Å². The zero-order valence-corrected chi connectivity index (χ0v) is 22.1. The summed E-state index contributed by atoms with van der Waals surface area (Å²) < 4.78 is 76.8. The van der Waals surface area contributed by atoms with E-state index in [-0.39, 0.29) is 32.7 Å². The Morgan fingerprint density at radius 3 is 2.00 bits per heavy atom. The Morgan fingerprint density at radius 1 is 0.921 bits per heavy atom. The molecule has 15 nitrogen and oxygen atoms in total. The molecule has 18 heteroatoms. The summed E-state index contributed by atoms with van der Waals surface area (Å²) in [4.78, 5) is 10.3. The van der Waals surface area contributed by atoms with Crippen molar-refractivity contribution < 1.29 is 50.1 Å². The molecule has 0 heterocycles. The van der Waals surface area contributed by atoms with Crippen molar-refractivity contribution in [2.45, 2.75) is 21.6 Å². The van der Waals surface area contributed by atoms with Crippen LogP contribution in [-0.2, 0) is 34.4 Å². The highest BCUT2D eigenvalue weighted by Gasteiger charge is 2.23. The van der Waals surface area contributed by atoms with E-state index >= 15 is 0 Å². The quantitative estimate of drug-likeness (QED) is 0.0737. The summed E-state index contributed by atoms with van der Waals surface area (Å²) in [6, 6.07) is 6.67. The number of rotatable bonds is 10. The minimum absolute atomic E-state index is 0.0624. The van der Waals surface area contributed by atoms with Crippen molar-refractivity contribution in [2.24, 2.45) is 10.2 Å². The van der Waals surface area contributed by atoms with Crippen molar-refractivity contribution >= 4 is 71.7 Å². The molecule has 3 rings (SSSR count). The second-order valence-corrected chi connectivity index (χ2v) is 10.8. The van der Waals surface area contributed by atoms with Gasteiger partial charge in [-0.3, -0.25) is 13.9 Å². The number of anilines is 2. The Bertz CT molecular complexity index is 1640. The van der Waals surface area contributed by atoms with Crippen LogP contribution in [0.2, 0.25) is 0 Å². The van der Waals surface area contributed by atoms with E-state index in [1.54, 1.807) is 7.05 Å². The van der Waals surface area contributed by atoms with Crippen molar-refractivity contribution in [3.63, 3.8) is 0 Å². The van der Waals surface area contributed by atoms with E-state index < -0.39 is 35.9 Å². The maximum absolute atomic E-state index is 12.0. The van der Waals surface area contributed by atoms with Crippen LogP contribution in [0, 0.1) is 0 Å². The number of ether oxygens (including phenoxy) is 1. The van der Waals surface area contributed by atoms with Crippen LogP contribution >= 0.6 is 12.0 Å². The maximum atomic E-state index is 12.0. The zero-order chi connectivity index (χ0) is 28.3. The van der Waals surface area contributed by atoms with Crippen LogP contribution in [-0.4, -0.2) is 51.3 Å². The second kappa shape index (κ2) is 11.6. The smallest absolute Gasteiger partial charge is 0.295 e. The van der Waals surface area contributed by atoms with Gasteiger partial charge in [-0.1, -0.05) is 5.04 Å². The van der Waals surface area contributed by atoms with E-state index in [1.807, 2.05) is 0 Å². The molecule has 0 aromatic heterocycles. The van der Waals surface area contributed by atoms with Gasteiger partial charge in [-0.2, -0.15) is 16.8 Å². The molecule has 0 unspecified atom stereocenters. The van der Waals surface area contributed by atoms with Crippen LogP contribution in [0.4, 0.5) is 22.7 Å². The highest BCUT2D eigenvalue weighted by atomic mass is 32.2. The van der Waals surface area contributed by atoms with Gasteiger partial charge in [0.2, 0.25) is 5.91 Å². The van der Waals surface area contributed by atoms with E-state index in [0.717, 1.165) is 24.3 Å². The molecule has 5 N–H and O–H groups in total. The molecule has 0 fully saturated rings. The van der Waals surface area contributed by atoms with Gasteiger partial charge in [0.1, 0.15) is 26.9 Å². The molecule has 0 aliphatic heterocycles. The van der Waals surface area contributed by atoms with Crippen molar-refractivity contribution in [2.75, 3.05) is 24.8 Å². The number of benzene rings is 3. The first kappa shape index (κ1) is 29.2. The predicted octanol–water partition coefficient (Wildman–Crippen LogP) is 4.19. The number of nitrogens with one attached hydrogen (secondary N) is 2. The molecule has 0 saturated carbocycles. The SMILES string of the molecule is CNc1cc(NC(C)=O)c(N=Nc2cc3c(S(=O)(=O)O)ccc(S(=O)(=O)O)c3cc2SOOO)cc1OC. The van der Waals surface area contributed by atoms with Gasteiger partial charge in [0.25, 0.3) is 20.2 Å². The lowest BCUT2D eigenvalue weighted by Crippen LogP contribution is -2.06. The Labute approximate surface area is 220 Å². The van der Waals surface area contributed by atoms with Gasteiger partial charge in [0.05, 0.1) is 35.4 Å². The molecule has 0 radical (unpaired) electrons. The lowest BCUT2D eigenvalue weighted by molar-refractivity contribution is -0.432. The van der Waals surface area contributed by atoms with Gasteiger partial charge in [0, 0.05) is 30.8 Å². The van der Waals surface area contributed by atoms with Gasteiger partial charge in [-0.25, -0.2) is 5.26 Å². The number of hydrogen-bond acceptors (Lipinski definition) is 13. The first-order valence-electron chi connectivity index (χ1n) is 10.1. The number of nitrogens with zero attached hydrogens (tertiary/aromatic N) is 2. The fourth-order valence-electron chi connectivity index (χ4n) is 3.37. The van der Waals surface area contributed by atoms with Crippen molar-refractivity contribution in [1.29, 1.82) is 0 Å². The molecule has 0 aliphatic rings. The van der Waals surface area contributed by atoms with Crippen LogP contribution in [0.25, 0.3) is 10.8 Å². The summed E-state index contributed by atoms with van der Waals surface area (Å²) in [5.74, 6) is -0.0771. The number of hydrogen-bond donors (Lipinski definition) is 5. The van der Waals surface area contributed by atoms with Gasteiger partial charge in [0.15, 0.2) is 0 Å². The molecule has 3 aromatic rings.